The maximum Gasteiger partial charge on any atom is 0.244 e. The van der Waals surface area contributed by atoms with Crippen molar-refractivity contribution in [2.75, 3.05) is 19.6 Å². The highest BCUT2D eigenvalue weighted by Gasteiger charge is 2.43. The van der Waals surface area contributed by atoms with Crippen LogP contribution >= 0.6 is 0 Å². The number of carbonyl (C=O) groups excluding carboxylic acids is 2. The quantitative estimate of drug-likeness (QED) is 0.765. The zero-order valence-corrected chi connectivity index (χ0v) is 16.9. The molecule has 1 N–H and O–H groups in total. The van der Waals surface area contributed by atoms with Crippen molar-refractivity contribution in [3.8, 4) is 0 Å². The Bertz CT molecular complexity index is 694. The lowest BCUT2D eigenvalue weighted by Gasteiger charge is -2.39. The average molecular weight is 386 g/mol. The second-order valence-corrected chi connectivity index (χ2v) is 8.27. The lowest BCUT2D eigenvalue weighted by Crippen LogP contribution is -2.47. The van der Waals surface area contributed by atoms with E-state index in [9.17, 15) is 9.59 Å². The summed E-state index contributed by atoms with van der Waals surface area (Å²) in [5, 5.41) is 2.92. The first-order chi connectivity index (χ1) is 13.5. The van der Waals surface area contributed by atoms with Gasteiger partial charge in [-0.1, -0.05) is 19.9 Å². The summed E-state index contributed by atoms with van der Waals surface area (Å²) < 4.78 is 6.32. The second-order valence-electron chi connectivity index (χ2n) is 8.27. The van der Waals surface area contributed by atoms with E-state index in [0.717, 1.165) is 44.5 Å². The number of likely N-dealkylation sites (tertiary alicyclic amines) is 1. The molecule has 28 heavy (non-hydrogen) atoms. The van der Waals surface area contributed by atoms with Gasteiger partial charge < -0.3 is 15.0 Å². The molecule has 2 aliphatic heterocycles. The number of ether oxygens (including phenoxy) is 1. The van der Waals surface area contributed by atoms with Crippen molar-refractivity contribution in [3.63, 3.8) is 0 Å². The van der Waals surface area contributed by atoms with Gasteiger partial charge in [0.2, 0.25) is 11.8 Å². The highest BCUT2D eigenvalue weighted by Crippen LogP contribution is 2.38. The van der Waals surface area contributed by atoms with Gasteiger partial charge in [-0.15, -0.1) is 0 Å². The fraction of sp³-hybridized carbons (Fsp3) is 0.591. The predicted molar refractivity (Wildman–Crippen MR) is 108 cm³/mol. The Morgan fingerprint density at radius 2 is 2.11 bits per heavy atom. The molecule has 152 valence electrons. The summed E-state index contributed by atoms with van der Waals surface area (Å²) >= 11 is 0. The first-order valence-electron chi connectivity index (χ1n) is 10.3. The minimum atomic E-state index is -0.135. The fourth-order valence-electron chi connectivity index (χ4n) is 3.96. The van der Waals surface area contributed by atoms with Crippen molar-refractivity contribution in [1.82, 2.24) is 15.2 Å². The van der Waals surface area contributed by atoms with Crippen LogP contribution in [0.1, 0.15) is 51.6 Å². The van der Waals surface area contributed by atoms with Gasteiger partial charge in [0.1, 0.15) is 0 Å². The molecule has 3 heterocycles. The van der Waals surface area contributed by atoms with Crippen LogP contribution in [0.4, 0.5) is 0 Å². The first kappa shape index (κ1) is 20.5. The smallest absolute Gasteiger partial charge is 0.244 e. The summed E-state index contributed by atoms with van der Waals surface area (Å²) in [6.07, 6.45) is 9.31. The fourth-order valence-corrected chi connectivity index (χ4v) is 3.96. The topological polar surface area (TPSA) is 71.5 Å². The van der Waals surface area contributed by atoms with Gasteiger partial charge in [0.25, 0.3) is 0 Å². The number of carbonyl (C=O) groups is 2. The van der Waals surface area contributed by atoms with Gasteiger partial charge in [0.15, 0.2) is 0 Å². The monoisotopic (exact) mass is 385 g/mol. The predicted octanol–water partition coefficient (Wildman–Crippen LogP) is 2.80. The molecule has 1 aromatic heterocycles. The highest BCUT2D eigenvalue weighted by atomic mass is 16.5. The molecule has 1 atom stereocenters. The summed E-state index contributed by atoms with van der Waals surface area (Å²) in [5.74, 6) is 0.515. The van der Waals surface area contributed by atoms with Crippen molar-refractivity contribution in [1.29, 1.82) is 0 Å². The van der Waals surface area contributed by atoms with E-state index in [1.54, 1.807) is 12.3 Å². The van der Waals surface area contributed by atoms with Crippen molar-refractivity contribution < 1.29 is 14.3 Å². The maximum absolute atomic E-state index is 12.2. The van der Waals surface area contributed by atoms with Gasteiger partial charge in [-0.2, -0.15) is 0 Å². The van der Waals surface area contributed by atoms with E-state index in [1.165, 1.54) is 6.08 Å². The third-order valence-corrected chi connectivity index (χ3v) is 5.55. The zero-order valence-electron chi connectivity index (χ0n) is 16.9. The number of piperidine rings is 1. The number of pyridine rings is 1. The molecule has 2 aliphatic rings. The van der Waals surface area contributed by atoms with Crippen LogP contribution in [0.15, 0.2) is 30.5 Å². The number of nitrogens with zero attached hydrogens (tertiary/aromatic N) is 2. The minimum Gasteiger partial charge on any atom is -0.370 e. The van der Waals surface area contributed by atoms with Crippen molar-refractivity contribution in [2.45, 2.75) is 57.7 Å². The highest BCUT2D eigenvalue weighted by molar-refractivity contribution is 5.91. The van der Waals surface area contributed by atoms with E-state index < -0.39 is 0 Å². The second kappa shape index (κ2) is 9.32. The van der Waals surface area contributed by atoms with Gasteiger partial charge >= 0.3 is 0 Å². The molecule has 2 amide bonds. The normalized spacial score (nSPS) is 21.5. The first-order valence-corrected chi connectivity index (χ1v) is 10.3. The Morgan fingerprint density at radius 3 is 2.79 bits per heavy atom. The van der Waals surface area contributed by atoms with Crippen molar-refractivity contribution in [3.05, 3.63) is 36.2 Å². The van der Waals surface area contributed by atoms with Crippen LogP contribution in [0.3, 0.4) is 0 Å². The summed E-state index contributed by atoms with van der Waals surface area (Å²) in [6, 6.07) is 5.58. The van der Waals surface area contributed by atoms with E-state index in [4.69, 9.17) is 4.74 Å². The van der Waals surface area contributed by atoms with Crippen molar-refractivity contribution >= 4 is 17.9 Å². The van der Waals surface area contributed by atoms with E-state index in [1.807, 2.05) is 23.1 Å². The van der Waals surface area contributed by atoms with E-state index >= 15 is 0 Å². The molecular weight excluding hydrogens is 354 g/mol. The molecule has 0 aliphatic carbocycles. The molecule has 2 saturated heterocycles. The zero-order chi connectivity index (χ0) is 20.0. The molecule has 1 spiro atoms. The molecule has 3 rings (SSSR count). The Balaban J connectivity index is 1.40. The standard InChI is InChI=1S/C22H31N3O3/c1-17(2)15-21(27)25-13-10-22(11-14-25)9-8-19(28-22)16-24-20(26)7-6-18-5-3-4-12-23-18/h3-7,12,17,19H,8-11,13-16H2,1-2H3,(H,24,26)/b7-6+/t19-/m0/s1. The molecular formula is C22H31N3O3. The third-order valence-electron chi connectivity index (χ3n) is 5.55. The summed E-state index contributed by atoms with van der Waals surface area (Å²) in [4.78, 5) is 30.4. The van der Waals surface area contributed by atoms with Crippen molar-refractivity contribution in [2.24, 2.45) is 5.92 Å². The molecule has 0 saturated carbocycles. The van der Waals surface area contributed by atoms with Gasteiger partial charge in [-0.05, 0) is 49.8 Å². The Hall–Kier alpha value is -2.21. The third kappa shape index (κ3) is 5.64. The van der Waals surface area contributed by atoms with E-state index in [-0.39, 0.29) is 23.5 Å². The number of amides is 2. The van der Waals surface area contributed by atoms with Gasteiger partial charge in [-0.25, -0.2) is 0 Å². The Kier molecular flexibility index (Phi) is 6.83. The lowest BCUT2D eigenvalue weighted by atomic mass is 9.88. The summed E-state index contributed by atoms with van der Waals surface area (Å²) in [6.45, 7) is 6.22. The van der Waals surface area contributed by atoms with Crippen LogP contribution in [-0.2, 0) is 14.3 Å². The molecule has 1 aromatic rings. The molecule has 0 aromatic carbocycles. The van der Waals surface area contributed by atoms with Crippen LogP contribution in [0, 0.1) is 5.92 Å². The number of aromatic nitrogens is 1. The Morgan fingerprint density at radius 1 is 1.32 bits per heavy atom. The van der Waals surface area contributed by atoms with Crippen LogP contribution in [0.5, 0.6) is 0 Å². The Labute approximate surface area is 167 Å². The minimum absolute atomic E-state index is 0.0464. The van der Waals surface area contributed by atoms with E-state index in [0.29, 0.717) is 18.9 Å². The summed E-state index contributed by atoms with van der Waals surface area (Å²) in [7, 11) is 0. The molecule has 0 unspecified atom stereocenters. The van der Waals surface area contributed by atoms with Crippen LogP contribution in [-0.4, -0.2) is 53.0 Å². The van der Waals surface area contributed by atoms with E-state index in [2.05, 4.69) is 24.1 Å². The molecule has 6 heteroatoms. The van der Waals surface area contributed by atoms with Gasteiger partial charge in [0.05, 0.1) is 17.4 Å². The molecule has 2 fully saturated rings. The maximum atomic E-state index is 12.2. The van der Waals surface area contributed by atoms with Crippen LogP contribution < -0.4 is 5.32 Å². The SMILES string of the molecule is CC(C)CC(=O)N1CCC2(CC[C@@H](CNC(=O)/C=C/c3ccccn3)O2)CC1. The molecule has 0 radical (unpaired) electrons. The number of hydrogen-bond acceptors (Lipinski definition) is 4. The largest absolute Gasteiger partial charge is 0.370 e. The number of hydrogen-bond donors (Lipinski definition) is 1. The number of rotatable bonds is 6. The summed E-state index contributed by atoms with van der Waals surface area (Å²) in [5.41, 5.74) is 0.640. The number of nitrogens with one attached hydrogen (secondary N) is 1. The van der Waals surface area contributed by atoms with Gasteiger partial charge in [-0.3, -0.25) is 14.6 Å². The average Bonchev–Trinajstić information content (AvgIpc) is 3.08. The van der Waals surface area contributed by atoms with Crippen LogP contribution in [0.2, 0.25) is 0 Å². The lowest BCUT2D eigenvalue weighted by molar-refractivity contribution is -0.138. The molecule has 6 nitrogen and oxygen atoms in total. The molecule has 0 bridgehead atoms. The van der Waals surface area contributed by atoms with Gasteiger partial charge in [0, 0.05) is 38.3 Å². The van der Waals surface area contributed by atoms with Crippen LogP contribution in [0.25, 0.3) is 6.08 Å².